The fraction of sp³-hybridized carbons (Fsp3) is 0. The summed E-state index contributed by atoms with van der Waals surface area (Å²) in [6, 6.07) is 0. The van der Waals surface area contributed by atoms with Gasteiger partial charge in [-0.1, -0.05) is 0 Å². The van der Waals surface area contributed by atoms with Crippen molar-refractivity contribution in [1.29, 1.82) is 0 Å². The molecule has 0 aliphatic carbocycles. The number of hydrogen-bond donors (Lipinski definition) is 2. The van der Waals surface area contributed by atoms with Crippen LogP contribution in [-0.2, 0) is 0 Å². The predicted octanol–water partition coefficient (Wildman–Crippen LogP) is -1.26. The second-order valence-corrected chi connectivity index (χ2v) is 1.61. The van der Waals surface area contributed by atoms with Gasteiger partial charge in [0.25, 0.3) is 0 Å². The van der Waals surface area contributed by atoms with Crippen LogP contribution < -0.4 is 11.3 Å². The Morgan fingerprint density at radius 1 is 2.00 bits per heavy atom. The first-order chi connectivity index (χ1) is 2.27. The van der Waals surface area contributed by atoms with E-state index in [9.17, 15) is 4.79 Å². The Kier molecular flexibility index (Phi) is 2.88. The Morgan fingerprint density at radius 3 is 2.20 bits per heavy atom. The summed E-state index contributed by atoms with van der Waals surface area (Å²) in [7, 11) is 0. The third kappa shape index (κ3) is 4.43. The van der Waals surface area contributed by atoms with Crippen molar-refractivity contribution in [2.45, 2.75) is 0 Å². The monoisotopic (exact) mass is 82.0 g/mol. The zero-order valence-corrected chi connectivity index (χ0v) is 4.99. The molecule has 0 aliphatic rings. The van der Waals surface area contributed by atoms with Gasteiger partial charge >= 0.3 is 47.2 Å². The molecule has 3 nitrogen and oxygen atoms in total. The molecule has 4 heteroatoms. The van der Waals surface area contributed by atoms with E-state index in [4.69, 9.17) is 0 Å². The third-order valence-corrected chi connectivity index (χ3v) is 0.492. The second kappa shape index (κ2) is 2.66. The molecule has 0 aliphatic heterocycles. The summed E-state index contributed by atoms with van der Waals surface area (Å²) in [6.45, 7) is 0. The third-order valence-electron chi connectivity index (χ3n) is 0.203. The Bertz CT molecular complexity index is 44.9. The van der Waals surface area contributed by atoms with Crippen LogP contribution in [0.2, 0.25) is 0 Å². The molecule has 0 saturated carbocycles. The van der Waals surface area contributed by atoms with Gasteiger partial charge < -0.3 is 0 Å². The van der Waals surface area contributed by atoms with Crippen LogP contribution in [0.3, 0.4) is 0 Å². The number of carbonyl (C=O) groups excluding carboxylic acids is 1. The molecule has 0 fully saturated rings. The van der Waals surface area contributed by atoms with E-state index in [0.717, 1.165) is 0 Å². The number of hydrazine groups is 1. The average molecular weight is 82.0 g/mol. The molecule has 0 saturated heterocycles. The van der Waals surface area contributed by atoms with Gasteiger partial charge in [-0.05, 0) is 0 Å². The fourth-order valence-corrected chi connectivity index (χ4v) is 0. The van der Waals surface area contributed by atoms with Gasteiger partial charge in [-0.15, -0.1) is 0 Å². The summed E-state index contributed by atoms with van der Waals surface area (Å²) >= 11 is 0.495. The van der Waals surface area contributed by atoms with Crippen LogP contribution in [0.4, 0.5) is 4.79 Å². The van der Waals surface area contributed by atoms with Crippen molar-refractivity contribution in [1.82, 2.24) is 5.43 Å². The van der Waals surface area contributed by atoms with Crippen LogP contribution in [0.15, 0.2) is 0 Å². The Hall–Kier alpha value is 0.430. The molecule has 0 aromatic carbocycles. The number of amides is 1. The standard InChI is InChI=1S/CH3N2O.Na/c2-3-1-4;/h2H2,(H,3,4);. The SMILES string of the molecule is NN[C](=O)[Na]. The van der Waals surface area contributed by atoms with Crippen LogP contribution in [-0.4, -0.2) is 31.1 Å². The van der Waals surface area contributed by atoms with Crippen LogP contribution >= 0.6 is 0 Å². The summed E-state index contributed by atoms with van der Waals surface area (Å²) in [5.74, 6) is 4.61. The minimum absolute atomic E-state index is 0.0787. The van der Waals surface area contributed by atoms with E-state index in [-0.39, 0.29) is 3.16 Å². The topological polar surface area (TPSA) is 55.1 Å². The molecule has 0 aromatic rings. The van der Waals surface area contributed by atoms with Crippen LogP contribution in [0.5, 0.6) is 0 Å². The van der Waals surface area contributed by atoms with Crippen molar-refractivity contribution in [3.05, 3.63) is 0 Å². The van der Waals surface area contributed by atoms with E-state index in [1.807, 2.05) is 5.43 Å². The van der Waals surface area contributed by atoms with Crippen molar-refractivity contribution in [3.8, 4) is 0 Å². The normalized spacial score (nSPS) is 7.00. The molecule has 0 rings (SSSR count). The Morgan fingerprint density at radius 2 is 2.20 bits per heavy atom. The quantitative estimate of drug-likeness (QED) is 0.166. The van der Waals surface area contributed by atoms with E-state index < -0.39 is 0 Å². The molecule has 0 unspecified atom stereocenters. The molecule has 0 atom stereocenters. The van der Waals surface area contributed by atoms with Gasteiger partial charge in [0, 0.05) is 0 Å². The van der Waals surface area contributed by atoms with E-state index in [0.29, 0.717) is 27.9 Å². The van der Waals surface area contributed by atoms with Gasteiger partial charge in [-0.3, -0.25) is 0 Å². The first-order valence-corrected chi connectivity index (χ1v) is 2.24. The van der Waals surface area contributed by atoms with Crippen LogP contribution in [0.25, 0.3) is 0 Å². The maximum absolute atomic E-state index is 9.64. The van der Waals surface area contributed by atoms with Gasteiger partial charge in [0.2, 0.25) is 0 Å². The van der Waals surface area contributed by atoms with Crippen molar-refractivity contribution < 1.29 is 4.79 Å². The van der Waals surface area contributed by atoms with Crippen molar-refractivity contribution in [3.63, 3.8) is 0 Å². The molecule has 0 spiro atoms. The molecule has 0 heterocycles. The van der Waals surface area contributed by atoms with Crippen LogP contribution in [0, 0.1) is 0 Å². The molecule has 24 valence electrons. The van der Waals surface area contributed by atoms with Gasteiger partial charge in [0.05, 0.1) is 0 Å². The second-order valence-electron chi connectivity index (χ2n) is 0.701. The number of nitrogens with one attached hydrogen (secondary N) is 1. The van der Waals surface area contributed by atoms with Crippen molar-refractivity contribution >= 4 is 31.1 Å². The first-order valence-electron chi connectivity index (χ1n) is 1.24. The summed E-state index contributed by atoms with van der Waals surface area (Å²) in [6.07, 6.45) is 0. The molecule has 3 N–H and O–H groups in total. The summed E-state index contributed by atoms with van der Waals surface area (Å²) in [5.41, 5.74) is 1.95. The van der Waals surface area contributed by atoms with Gasteiger partial charge in [-0.25, -0.2) is 0 Å². The molecule has 0 radical (unpaired) electrons. The molecule has 0 bridgehead atoms. The Balaban J connectivity index is 2.85. The zero-order chi connectivity index (χ0) is 4.28. The predicted molar refractivity (Wildman–Crippen MR) is 18.5 cm³/mol. The molecule has 5 heavy (non-hydrogen) atoms. The van der Waals surface area contributed by atoms with E-state index in [2.05, 4.69) is 5.84 Å². The van der Waals surface area contributed by atoms with Crippen molar-refractivity contribution in [2.24, 2.45) is 5.84 Å². The van der Waals surface area contributed by atoms with E-state index >= 15 is 0 Å². The average Bonchev–Trinajstić information content (AvgIpc) is 1.38. The number of hydrogen-bond acceptors (Lipinski definition) is 2. The van der Waals surface area contributed by atoms with Crippen molar-refractivity contribution in [2.75, 3.05) is 0 Å². The summed E-state index contributed by atoms with van der Waals surface area (Å²) in [4.78, 5) is 9.64. The molecular formula is CH3N2NaO. The molecular weight excluding hydrogens is 79.0 g/mol. The van der Waals surface area contributed by atoms with E-state index in [1.54, 1.807) is 0 Å². The summed E-state index contributed by atoms with van der Waals surface area (Å²) < 4.78 is -0.0787. The maximum atomic E-state index is 9.64. The summed E-state index contributed by atoms with van der Waals surface area (Å²) in [5, 5.41) is 0. The van der Waals surface area contributed by atoms with Crippen LogP contribution in [0.1, 0.15) is 0 Å². The first kappa shape index (κ1) is 5.43. The zero-order valence-electron chi connectivity index (χ0n) is 2.99. The number of nitrogens with two attached hydrogens (primary N) is 1. The van der Waals surface area contributed by atoms with Gasteiger partial charge in [0.1, 0.15) is 0 Å². The number of carbonyl (C=O) groups is 1. The fourth-order valence-electron chi connectivity index (χ4n) is 0. The molecule has 0 aromatic heterocycles. The number of rotatable bonds is 0. The van der Waals surface area contributed by atoms with Gasteiger partial charge in [-0.2, -0.15) is 0 Å². The minimum atomic E-state index is -0.0787. The Labute approximate surface area is 47.3 Å². The van der Waals surface area contributed by atoms with E-state index in [1.165, 1.54) is 0 Å². The van der Waals surface area contributed by atoms with Gasteiger partial charge in [0.15, 0.2) is 0 Å². The molecule has 1 amide bonds.